The van der Waals surface area contributed by atoms with Gasteiger partial charge in [-0.2, -0.15) is 0 Å². The zero-order chi connectivity index (χ0) is 22.6. The molecule has 0 aliphatic rings. The van der Waals surface area contributed by atoms with Gasteiger partial charge in [0.1, 0.15) is 6.10 Å². The van der Waals surface area contributed by atoms with E-state index in [2.05, 4.69) is 6.92 Å². The van der Waals surface area contributed by atoms with Gasteiger partial charge in [-0.15, -0.1) is 0 Å². The van der Waals surface area contributed by atoms with Gasteiger partial charge in [0.2, 0.25) is 0 Å². The van der Waals surface area contributed by atoms with Gasteiger partial charge in [0.05, 0.1) is 13.2 Å². The summed E-state index contributed by atoms with van der Waals surface area (Å²) in [6.07, 6.45) is 18.9. The molecule has 0 aliphatic carbocycles. The molecule has 0 atom stereocenters. The largest absolute Gasteiger partial charge is 2.00 e. The predicted molar refractivity (Wildman–Crippen MR) is 117 cm³/mol. The molecule has 0 spiro atoms. The van der Waals surface area contributed by atoms with Gasteiger partial charge in [-0.05, 0) is 12.8 Å². The summed E-state index contributed by atoms with van der Waals surface area (Å²) in [5.74, 6) is -0.903. The molecule has 176 valence electrons. The van der Waals surface area contributed by atoms with Crippen molar-refractivity contribution in [2.45, 2.75) is 116 Å². The first kappa shape index (κ1) is 37.4. The molecule has 7 nitrogen and oxygen atoms in total. The smallest absolute Gasteiger partial charge is 0.554 e. The first-order valence-corrected chi connectivity index (χ1v) is 11.1. The number of aliphatic hydroxyl groups is 3. The summed E-state index contributed by atoms with van der Waals surface area (Å²) in [7, 11) is 0. The Hall–Kier alpha value is 0.0797. The van der Waals surface area contributed by atoms with Crippen molar-refractivity contribution in [3.63, 3.8) is 0 Å². The molecule has 0 aromatic heterocycles. The number of rotatable bonds is 18. The van der Waals surface area contributed by atoms with E-state index in [1.165, 1.54) is 83.5 Å². The number of carboxylic acids is 1. The van der Waals surface area contributed by atoms with E-state index < -0.39 is 18.5 Å². The second-order valence-corrected chi connectivity index (χ2v) is 7.19. The first-order chi connectivity index (χ1) is 14.0. The maximum absolute atomic E-state index is 10.2. The van der Waals surface area contributed by atoms with E-state index in [-0.39, 0.29) is 57.4 Å². The average molecular weight is 461 g/mol. The van der Waals surface area contributed by atoms with Crippen LogP contribution < -0.4 is 10.2 Å². The van der Waals surface area contributed by atoms with Crippen molar-refractivity contribution in [1.82, 2.24) is 0 Å². The van der Waals surface area contributed by atoms with E-state index >= 15 is 0 Å². The van der Waals surface area contributed by atoms with Gasteiger partial charge >= 0.3 is 37.7 Å². The van der Waals surface area contributed by atoms with Crippen molar-refractivity contribution in [2.75, 3.05) is 13.2 Å². The topological polar surface area (TPSA) is 141 Å². The van der Waals surface area contributed by atoms with Crippen LogP contribution in [0.15, 0.2) is 0 Å². The average Bonchev–Trinajstić information content (AvgIpc) is 2.71. The van der Waals surface area contributed by atoms with E-state index in [1.54, 1.807) is 0 Å². The summed E-state index contributed by atoms with van der Waals surface area (Å²) < 4.78 is 0. The summed E-state index contributed by atoms with van der Waals surface area (Å²) in [5.41, 5.74) is 0. The molecule has 0 saturated carbocycles. The molecule has 0 heterocycles. The van der Waals surface area contributed by atoms with Gasteiger partial charge < -0.3 is 35.1 Å². The van der Waals surface area contributed by atoms with E-state index in [4.69, 9.17) is 25.2 Å². The Morgan fingerprint density at radius 3 is 1.23 bits per heavy atom. The van der Waals surface area contributed by atoms with Crippen LogP contribution in [0.2, 0.25) is 0 Å². The number of unbranched alkanes of at least 4 members (excludes halogenated alkanes) is 14. The van der Waals surface area contributed by atoms with Crippen molar-refractivity contribution >= 4 is 50.2 Å². The second kappa shape index (κ2) is 36.5. The maximum atomic E-state index is 10.2. The third-order valence-corrected chi connectivity index (χ3v) is 4.41. The van der Waals surface area contributed by atoms with Crippen molar-refractivity contribution in [1.29, 1.82) is 0 Å². The van der Waals surface area contributed by atoms with E-state index in [1.807, 2.05) is 0 Å². The molecule has 0 aromatic rings. The summed E-state index contributed by atoms with van der Waals surface area (Å²) in [6.45, 7) is 1.04. The van der Waals surface area contributed by atoms with Crippen LogP contribution in [-0.2, 0) is 9.59 Å². The Balaban J connectivity index is -0.000000284. The number of carboxylic acid groups (broad SMARTS) is 2. The normalized spacial score (nSPS) is 9.63. The number of hydrogen-bond acceptors (Lipinski definition) is 7. The number of hydrogen-bond donors (Lipinski definition) is 3. The monoisotopic (exact) mass is 460 g/mol. The zero-order valence-corrected chi connectivity index (χ0v) is 21.3. The molecule has 0 rings (SSSR count). The Bertz CT molecular complexity index is 314. The SMILES string of the molecule is CCCCCCCCCCCCCCCCCC(=O)[O-].O=C[O-].OCC(O)CO.[Ca+2]. The fourth-order valence-corrected chi connectivity index (χ4v) is 2.70. The Labute approximate surface area is 213 Å². The van der Waals surface area contributed by atoms with Crippen LogP contribution in [0.4, 0.5) is 0 Å². The Morgan fingerprint density at radius 1 is 0.767 bits per heavy atom. The standard InChI is InChI=1S/C18H36O2.C3H8O3.CH2O2.Ca/c1-2-3-4-5-6-7-8-9-10-11-12-13-14-15-16-17-18(19)20;4-1-3(6)2-5;2-1-3;/h2-17H2,1H3,(H,19,20);3-6H,1-2H2;1H,(H,2,3);/q;;;+2/p-2. The molecule has 0 fully saturated rings. The second-order valence-electron chi connectivity index (χ2n) is 7.19. The molecule has 8 heteroatoms. The van der Waals surface area contributed by atoms with Gasteiger partial charge in [0.25, 0.3) is 0 Å². The molecule has 3 N–H and O–H groups in total. The molecule has 0 amide bonds. The quantitative estimate of drug-likeness (QED) is 0.159. The molecule has 30 heavy (non-hydrogen) atoms. The van der Waals surface area contributed by atoms with Crippen molar-refractivity contribution in [3.05, 3.63) is 0 Å². The minimum Gasteiger partial charge on any atom is -0.554 e. The van der Waals surface area contributed by atoms with Crippen LogP contribution in [0.25, 0.3) is 0 Å². The number of carbonyl (C=O) groups is 2. The van der Waals surface area contributed by atoms with Crippen LogP contribution in [0.5, 0.6) is 0 Å². The van der Waals surface area contributed by atoms with Crippen LogP contribution in [0.3, 0.4) is 0 Å². The summed E-state index contributed by atoms with van der Waals surface area (Å²) in [5, 5.41) is 42.5. The van der Waals surface area contributed by atoms with E-state index in [0.717, 1.165) is 12.8 Å². The molecule has 0 bridgehead atoms. The third-order valence-electron chi connectivity index (χ3n) is 4.41. The number of aliphatic hydroxyl groups excluding tert-OH is 3. The third kappa shape index (κ3) is 46.3. The van der Waals surface area contributed by atoms with Crippen molar-refractivity contribution < 1.29 is 35.1 Å². The van der Waals surface area contributed by atoms with Crippen molar-refractivity contribution in [2.24, 2.45) is 0 Å². The van der Waals surface area contributed by atoms with Gasteiger partial charge in [-0.25, -0.2) is 0 Å². The molecule has 0 unspecified atom stereocenters. The van der Waals surface area contributed by atoms with Crippen LogP contribution in [0.1, 0.15) is 110 Å². The molecular formula is C22H44CaO7. The number of carbonyl (C=O) groups excluding carboxylic acids is 2. The molecule has 0 aliphatic heterocycles. The van der Waals surface area contributed by atoms with Gasteiger partial charge in [0.15, 0.2) is 0 Å². The minimum absolute atomic E-state index is 0. The zero-order valence-electron chi connectivity index (χ0n) is 19.1. The predicted octanol–water partition coefficient (Wildman–Crippen LogP) is 1.32. The Kier molecular flexibility index (Phi) is 45.4. The van der Waals surface area contributed by atoms with Crippen LogP contribution in [-0.4, -0.2) is 84.8 Å². The van der Waals surface area contributed by atoms with Gasteiger partial charge in [-0.3, -0.25) is 0 Å². The first-order valence-electron chi connectivity index (χ1n) is 11.1. The van der Waals surface area contributed by atoms with E-state index in [9.17, 15) is 9.90 Å². The molecule has 0 saturated heterocycles. The van der Waals surface area contributed by atoms with Crippen LogP contribution >= 0.6 is 0 Å². The number of aliphatic carboxylic acids is 1. The molecular weight excluding hydrogens is 416 g/mol. The van der Waals surface area contributed by atoms with Gasteiger partial charge in [-0.1, -0.05) is 96.8 Å². The summed E-state index contributed by atoms with van der Waals surface area (Å²) in [6, 6.07) is 0. The Morgan fingerprint density at radius 2 is 1.03 bits per heavy atom. The van der Waals surface area contributed by atoms with Gasteiger partial charge in [0, 0.05) is 12.4 Å². The van der Waals surface area contributed by atoms with Crippen LogP contribution in [0, 0.1) is 0 Å². The van der Waals surface area contributed by atoms with E-state index in [0.29, 0.717) is 0 Å². The van der Waals surface area contributed by atoms with Crippen molar-refractivity contribution in [3.8, 4) is 0 Å². The molecule has 0 radical (unpaired) electrons. The summed E-state index contributed by atoms with van der Waals surface area (Å²) >= 11 is 0. The molecule has 0 aromatic carbocycles. The maximum Gasteiger partial charge on any atom is 2.00 e. The fourth-order valence-electron chi connectivity index (χ4n) is 2.70. The minimum atomic E-state index is -0.954. The fraction of sp³-hybridized carbons (Fsp3) is 0.909. The summed E-state index contributed by atoms with van der Waals surface area (Å²) in [4.78, 5) is 18.5.